The Morgan fingerprint density at radius 1 is 0.900 bits per heavy atom. The second kappa shape index (κ2) is 11.6. The van der Waals surface area contributed by atoms with Crippen LogP contribution in [0.1, 0.15) is 15.9 Å². The highest BCUT2D eigenvalue weighted by atomic mass is 16.7. The van der Waals surface area contributed by atoms with Gasteiger partial charge in [-0.2, -0.15) is 0 Å². The van der Waals surface area contributed by atoms with Crippen LogP contribution in [0.5, 0.6) is 5.75 Å². The molecule has 1 aliphatic heterocycles. The standard InChI is InChI=1S/C20H22O8.2H2O/c21-10-13-8-4-5-9-14(13)27-20-18(24)17(23)16(22)15(28-20)11-26-19(25)12-6-2-1-3-7-12;;/h1-9,15-18,20-24H,10-11H2;2*1H2/t15-,16-,17+,18-,20-;;/m1../s1. The topological polar surface area (TPSA) is 189 Å². The Labute approximate surface area is 172 Å². The van der Waals surface area contributed by atoms with Gasteiger partial charge in [-0.15, -0.1) is 0 Å². The molecule has 0 unspecified atom stereocenters. The fourth-order valence-corrected chi connectivity index (χ4v) is 2.84. The maximum atomic E-state index is 12.1. The van der Waals surface area contributed by atoms with Crippen LogP contribution in [-0.4, -0.2) is 74.7 Å². The van der Waals surface area contributed by atoms with E-state index < -0.39 is 36.7 Å². The van der Waals surface area contributed by atoms with Crippen LogP contribution in [-0.2, 0) is 16.1 Å². The average Bonchev–Trinajstić information content (AvgIpc) is 2.74. The van der Waals surface area contributed by atoms with E-state index >= 15 is 0 Å². The maximum absolute atomic E-state index is 12.1. The van der Waals surface area contributed by atoms with Crippen molar-refractivity contribution in [3.05, 3.63) is 65.7 Å². The molecule has 0 spiro atoms. The smallest absolute Gasteiger partial charge is 0.338 e. The van der Waals surface area contributed by atoms with Crippen LogP contribution < -0.4 is 4.74 Å². The summed E-state index contributed by atoms with van der Waals surface area (Å²) in [7, 11) is 0. The molecule has 10 nitrogen and oxygen atoms in total. The summed E-state index contributed by atoms with van der Waals surface area (Å²) >= 11 is 0. The number of carbonyl (C=O) groups excluding carboxylic acids is 1. The van der Waals surface area contributed by atoms with Gasteiger partial charge < -0.3 is 45.6 Å². The molecule has 0 aromatic heterocycles. The molecule has 5 atom stereocenters. The number of rotatable bonds is 6. The Morgan fingerprint density at radius 2 is 1.53 bits per heavy atom. The summed E-state index contributed by atoms with van der Waals surface area (Å²) in [5.74, 6) is -0.349. The number of aliphatic hydroxyl groups excluding tert-OH is 4. The number of esters is 1. The van der Waals surface area contributed by atoms with E-state index in [-0.39, 0.29) is 29.9 Å². The molecule has 10 heteroatoms. The predicted octanol–water partition coefficient (Wildman–Crippen LogP) is -1.43. The van der Waals surface area contributed by atoms with Gasteiger partial charge in [-0.3, -0.25) is 0 Å². The van der Waals surface area contributed by atoms with Crippen LogP contribution in [0.4, 0.5) is 0 Å². The van der Waals surface area contributed by atoms with Crippen molar-refractivity contribution in [3.8, 4) is 5.75 Å². The molecular formula is C20H26O10. The minimum atomic E-state index is -1.57. The molecule has 3 rings (SSSR count). The van der Waals surface area contributed by atoms with E-state index in [1.807, 2.05) is 0 Å². The van der Waals surface area contributed by atoms with Crippen molar-refractivity contribution in [2.45, 2.75) is 37.3 Å². The third-order valence-corrected chi connectivity index (χ3v) is 4.44. The molecule has 1 fully saturated rings. The average molecular weight is 426 g/mol. The Bertz CT molecular complexity index is 784. The number of carbonyl (C=O) groups is 1. The Hall–Kier alpha value is -2.57. The highest BCUT2D eigenvalue weighted by Crippen LogP contribution is 2.27. The summed E-state index contributed by atoms with van der Waals surface area (Å²) in [6.07, 6.45) is -7.03. The van der Waals surface area contributed by atoms with Gasteiger partial charge in [-0.1, -0.05) is 36.4 Å². The van der Waals surface area contributed by atoms with Gasteiger partial charge in [0, 0.05) is 5.56 Å². The molecule has 2 aromatic carbocycles. The number of hydrogen-bond donors (Lipinski definition) is 4. The lowest BCUT2D eigenvalue weighted by molar-refractivity contribution is -0.277. The number of ether oxygens (including phenoxy) is 3. The molecule has 166 valence electrons. The van der Waals surface area contributed by atoms with Crippen molar-refractivity contribution in [3.63, 3.8) is 0 Å². The summed E-state index contributed by atoms with van der Waals surface area (Å²) < 4.78 is 16.3. The Kier molecular flexibility index (Phi) is 9.82. The zero-order valence-electron chi connectivity index (χ0n) is 15.9. The van der Waals surface area contributed by atoms with Crippen molar-refractivity contribution >= 4 is 5.97 Å². The molecule has 30 heavy (non-hydrogen) atoms. The van der Waals surface area contributed by atoms with Gasteiger partial charge in [0.25, 0.3) is 0 Å². The fourth-order valence-electron chi connectivity index (χ4n) is 2.84. The fraction of sp³-hybridized carbons (Fsp3) is 0.350. The summed E-state index contributed by atoms with van der Waals surface area (Å²) in [4.78, 5) is 12.1. The summed E-state index contributed by atoms with van der Waals surface area (Å²) in [5.41, 5.74) is 0.795. The molecule has 1 heterocycles. The van der Waals surface area contributed by atoms with Crippen LogP contribution in [0.2, 0.25) is 0 Å². The Balaban J connectivity index is 0.00000225. The molecule has 1 aliphatic rings. The molecule has 2 aromatic rings. The van der Waals surface area contributed by atoms with Crippen LogP contribution in [0.25, 0.3) is 0 Å². The predicted molar refractivity (Wildman–Crippen MR) is 104 cm³/mol. The number of benzene rings is 2. The number of aliphatic hydroxyl groups is 4. The highest BCUT2D eigenvalue weighted by Gasteiger charge is 2.45. The SMILES string of the molecule is O.O.O=C(OC[C@H]1O[C@@H](Oc2ccccc2CO)[C@H](O)[C@@H](O)[C@@H]1O)c1ccccc1. The summed E-state index contributed by atoms with van der Waals surface area (Å²) in [5, 5.41) is 39.8. The van der Waals surface area contributed by atoms with Gasteiger partial charge in [0.15, 0.2) is 0 Å². The zero-order chi connectivity index (χ0) is 20.1. The van der Waals surface area contributed by atoms with E-state index in [4.69, 9.17) is 14.2 Å². The first-order valence-corrected chi connectivity index (χ1v) is 8.78. The quantitative estimate of drug-likeness (QED) is 0.404. The first-order chi connectivity index (χ1) is 13.5. The van der Waals surface area contributed by atoms with Crippen LogP contribution in [0.15, 0.2) is 54.6 Å². The lowest BCUT2D eigenvalue weighted by Gasteiger charge is -2.40. The first-order valence-electron chi connectivity index (χ1n) is 8.78. The van der Waals surface area contributed by atoms with Crippen LogP contribution in [0, 0.1) is 0 Å². The van der Waals surface area contributed by atoms with Crippen molar-refractivity contribution < 1.29 is 50.4 Å². The molecule has 0 saturated carbocycles. The van der Waals surface area contributed by atoms with E-state index in [1.165, 1.54) is 0 Å². The normalized spacial score (nSPS) is 25.4. The first kappa shape index (κ1) is 25.5. The van der Waals surface area contributed by atoms with E-state index in [0.717, 1.165) is 0 Å². The van der Waals surface area contributed by atoms with Gasteiger partial charge in [0.2, 0.25) is 6.29 Å². The van der Waals surface area contributed by atoms with E-state index in [0.29, 0.717) is 11.1 Å². The van der Waals surface area contributed by atoms with Gasteiger partial charge in [-0.05, 0) is 18.2 Å². The maximum Gasteiger partial charge on any atom is 0.338 e. The van der Waals surface area contributed by atoms with Gasteiger partial charge in [0.1, 0.15) is 36.8 Å². The minimum Gasteiger partial charge on any atom is -0.462 e. The molecule has 1 saturated heterocycles. The summed E-state index contributed by atoms with van der Waals surface area (Å²) in [6.45, 7) is -0.636. The zero-order valence-corrected chi connectivity index (χ0v) is 15.9. The second-order valence-electron chi connectivity index (χ2n) is 6.36. The van der Waals surface area contributed by atoms with E-state index in [9.17, 15) is 25.2 Å². The Morgan fingerprint density at radius 3 is 2.20 bits per heavy atom. The molecular weight excluding hydrogens is 400 g/mol. The third kappa shape index (κ3) is 5.74. The van der Waals surface area contributed by atoms with E-state index in [2.05, 4.69) is 0 Å². The minimum absolute atomic E-state index is 0. The van der Waals surface area contributed by atoms with Crippen molar-refractivity contribution in [1.82, 2.24) is 0 Å². The lowest BCUT2D eigenvalue weighted by Crippen LogP contribution is -2.60. The molecule has 8 N–H and O–H groups in total. The van der Waals surface area contributed by atoms with Crippen molar-refractivity contribution in [2.24, 2.45) is 0 Å². The molecule has 0 amide bonds. The van der Waals surface area contributed by atoms with Crippen LogP contribution in [0.3, 0.4) is 0 Å². The molecule has 0 radical (unpaired) electrons. The van der Waals surface area contributed by atoms with Crippen LogP contribution >= 0.6 is 0 Å². The summed E-state index contributed by atoms with van der Waals surface area (Å²) in [6, 6.07) is 14.9. The van der Waals surface area contributed by atoms with Gasteiger partial charge >= 0.3 is 5.97 Å². The third-order valence-electron chi connectivity index (χ3n) is 4.44. The monoisotopic (exact) mass is 426 g/mol. The highest BCUT2D eigenvalue weighted by molar-refractivity contribution is 5.89. The number of para-hydroxylation sites is 1. The van der Waals surface area contributed by atoms with Gasteiger partial charge in [-0.25, -0.2) is 4.79 Å². The van der Waals surface area contributed by atoms with Crippen molar-refractivity contribution in [2.75, 3.05) is 6.61 Å². The van der Waals surface area contributed by atoms with Gasteiger partial charge in [0.05, 0.1) is 12.2 Å². The number of hydrogen-bond acceptors (Lipinski definition) is 8. The largest absolute Gasteiger partial charge is 0.462 e. The second-order valence-corrected chi connectivity index (χ2v) is 6.36. The lowest BCUT2D eigenvalue weighted by atomic mass is 9.99. The molecule has 0 bridgehead atoms. The molecule has 0 aliphatic carbocycles. The van der Waals surface area contributed by atoms with Crippen molar-refractivity contribution in [1.29, 1.82) is 0 Å². The van der Waals surface area contributed by atoms with E-state index in [1.54, 1.807) is 54.6 Å².